The Hall–Kier alpha value is -3.19. The summed E-state index contributed by atoms with van der Waals surface area (Å²) in [6.07, 6.45) is 3.95. The van der Waals surface area contributed by atoms with Gasteiger partial charge in [-0.25, -0.2) is 0 Å². The number of phenols is 2. The number of piperidine rings is 1. The third-order valence-corrected chi connectivity index (χ3v) is 6.83. The Balaban J connectivity index is 0.00000180. The number of benzene rings is 3. The lowest BCUT2D eigenvalue weighted by Crippen LogP contribution is -2.33. The molecule has 4 aromatic rings. The Labute approximate surface area is 218 Å². The second kappa shape index (κ2) is 12.2. The van der Waals surface area contributed by atoms with Gasteiger partial charge >= 0.3 is 0 Å². The molecule has 7 heteroatoms. The fourth-order valence-corrected chi connectivity index (χ4v) is 5.02. The van der Waals surface area contributed by atoms with Gasteiger partial charge in [0.25, 0.3) is 0 Å². The zero-order valence-electron chi connectivity index (χ0n) is 20.6. The maximum atomic E-state index is 10.1. The fourth-order valence-electron chi connectivity index (χ4n) is 5.02. The molecule has 1 aromatic heterocycles. The van der Waals surface area contributed by atoms with Gasteiger partial charge in [0.05, 0.1) is 5.69 Å². The summed E-state index contributed by atoms with van der Waals surface area (Å²) < 4.78 is 8.29. The topological polar surface area (TPSA) is 89.4 Å². The molecule has 192 valence electrons. The maximum Gasteiger partial charge on any atom is 0.119 e. The van der Waals surface area contributed by atoms with Crippen LogP contribution in [0.4, 0.5) is 0 Å². The Bertz CT molecular complexity index is 1260. The highest BCUT2D eigenvalue weighted by atomic mass is 35.5. The molecule has 0 amide bonds. The summed E-state index contributed by atoms with van der Waals surface area (Å²) in [5.41, 5.74) is 5.47. The molecule has 0 unspecified atom stereocenters. The van der Waals surface area contributed by atoms with Crippen molar-refractivity contribution in [2.45, 2.75) is 32.7 Å². The van der Waals surface area contributed by atoms with E-state index in [2.05, 4.69) is 40.7 Å². The first-order valence-corrected chi connectivity index (χ1v) is 12.1. The smallest absolute Gasteiger partial charge is 0.119 e. The molecule has 0 atom stereocenters. The van der Waals surface area contributed by atoms with Crippen LogP contribution in [0.2, 0.25) is 0 Å². The highest BCUT2D eigenvalue weighted by Crippen LogP contribution is 2.36. The summed E-state index contributed by atoms with van der Waals surface area (Å²) in [5.74, 6) is 1.41. The van der Waals surface area contributed by atoms with Gasteiger partial charge in [0.1, 0.15) is 23.9 Å². The van der Waals surface area contributed by atoms with Crippen LogP contribution in [0.15, 0.2) is 66.7 Å². The molecule has 6 nitrogen and oxygen atoms in total. The van der Waals surface area contributed by atoms with Crippen LogP contribution >= 0.6 is 12.4 Å². The van der Waals surface area contributed by atoms with Crippen LogP contribution in [0.3, 0.4) is 0 Å². The monoisotopic (exact) mass is 510 g/mol. The van der Waals surface area contributed by atoms with Gasteiger partial charge in [-0.3, -0.25) is 4.90 Å². The minimum absolute atomic E-state index is 0. The average molecular weight is 511 g/mol. The van der Waals surface area contributed by atoms with E-state index >= 15 is 0 Å². The molecular weight excluding hydrogens is 476 g/mol. The summed E-state index contributed by atoms with van der Waals surface area (Å²) >= 11 is 0. The number of hydrogen-bond acceptors (Lipinski definition) is 4. The van der Waals surface area contributed by atoms with E-state index in [4.69, 9.17) is 4.74 Å². The molecule has 4 N–H and O–H groups in total. The molecule has 0 saturated carbocycles. The lowest BCUT2D eigenvalue weighted by molar-refractivity contribution is 0.183. The van der Waals surface area contributed by atoms with Crippen LogP contribution in [-0.2, 0) is 6.54 Å². The third kappa shape index (κ3) is 5.95. The Morgan fingerprint density at radius 1 is 0.833 bits per heavy atom. The second-order valence-electron chi connectivity index (χ2n) is 9.20. The van der Waals surface area contributed by atoms with Gasteiger partial charge in [-0.2, -0.15) is 0 Å². The molecule has 0 aliphatic carbocycles. The minimum atomic E-state index is 0. The van der Waals surface area contributed by atoms with Crippen molar-refractivity contribution in [1.82, 2.24) is 9.47 Å². The van der Waals surface area contributed by atoms with Crippen molar-refractivity contribution in [3.05, 3.63) is 77.9 Å². The number of ether oxygens (including phenoxy) is 1. The molecule has 1 aliphatic rings. The predicted octanol–water partition coefficient (Wildman–Crippen LogP) is 5.54. The average Bonchev–Trinajstić information content (AvgIpc) is 3.12. The second-order valence-corrected chi connectivity index (χ2v) is 9.20. The van der Waals surface area contributed by atoms with Crippen molar-refractivity contribution < 1.29 is 20.4 Å². The van der Waals surface area contributed by atoms with Crippen molar-refractivity contribution >= 4 is 23.3 Å². The van der Waals surface area contributed by atoms with Crippen molar-refractivity contribution in [2.24, 2.45) is 0 Å². The van der Waals surface area contributed by atoms with Gasteiger partial charge in [0.15, 0.2) is 0 Å². The van der Waals surface area contributed by atoms with Crippen molar-refractivity contribution in [2.75, 3.05) is 26.2 Å². The summed E-state index contributed by atoms with van der Waals surface area (Å²) in [6, 6.07) is 21.2. The van der Waals surface area contributed by atoms with E-state index < -0.39 is 0 Å². The standard InChI is InChI=1S/C29H32N2O3.ClH.H2O/c1-21-27-19-25(33)11-14-28(27)31(29(21)23-7-9-24(32)10-8-23)20-22-5-12-26(13-6-22)34-18-17-30-15-3-2-4-16-30;;/h5-14,19,32-33H,2-4,15-18,20H2,1H3;1H;1H2. The van der Waals surface area contributed by atoms with E-state index in [0.29, 0.717) is 6.54 Å². The number of fused-ring (bicyclic) bond motifs is 1. The van der Waals surface area contributed by atoms with E-state index in [1.54, 1.807) is 18.2 Å². The van der Waals surface area contributed by atoms with Crippen LogP contribution in [0.25, 0.3) is 22.2 Å². The molecule has 0 bridgehead atoms. The zero-order valence-corrected chi connectivity index (χ0v) is 21.4. The van der Waals surface area contributed by atoms with E-state index in [1.165, 1.54) is 37.9 Å². The van der Waals surface area contributed by atoms with Crippen LogP contribution in [0.1, 0.15) is 30.4 Å². The predicted molar refractivity (Wildman–Crippen MR) is 148 cm³/mol. The first kappa shape index (κ1) is 27.4. The number of likely N-dealkylation sites (tertiary alicyclic amines) is 1. The lowest BCUT2D eigenvalue weighted by Gasteiger charge is -2.26. The molecule has 0 spiro atoms. The van der Waals surface area contributed by atoms with Crippen molar-refractivity contribution in [1.29, 1.82) is 0 Å². The van der Waals surface area contributed by atoms with E-state index in [1.807, 2.05) is 24.3 Å². The van der Waals surface area contributed by atoms with Gasteiger partial charge in [-0.1, -0.05) is 18.6 Å². The van der Waals surface area contributed by atoms with Crippen molar-refractivity contribution in [3.63, 3.8) is 0 Å². The molecule has 36 heavy (non-hydrogen) atoms. The number of phenolic OH excluding ortho intramolecular Hbond substituents is 2. The molecule has 0 radical (unpaired) electrons. The summed E-state index contributed by atoms with van der Waals surface area (Å²) in [7, 11) is 0. The Morgan fingerprint density at radius 2 is 1.50 bits per heavy atom. The molecule has 1 fully saturated rings. The van der Waals surface area contributed by atoms with E-state index in [-0.39, 0.29) is 29.4 Å². The van der Waals surface area contributed by atoms with Crippen molar-refractivity contribution in [3.8, 4) is 28.5 Å². The Kier molecular flexibility index (Phi) is 9.26. The summed E-state index contributed by atoms with van der Waals surface area (Å²) in [5, 5.41) is 20.9. The number of rotatable bonds is 7. The van der Waals surface area contributed by atoms with Crippen LogP contribution < -0.4 is 4.74 Å². The third-order valence-electron chi connectivity index (χ3n) is 6.83. The number of aromatic nitrogens is 1. The van der Waals surface area contributed by atoms with Crippen LogP contribution in [0.5, 0.6) is 17.2 Å². The molecule has 3 aromatic carbocycles. The normalized spacial score (nSPS) is 13.7. The van der Waals surface area contributed by atoms with Gasteiger partial charge in [0, 0.05) is 24.0 Å². The zero-order chi connectivity index (χ0) is 23.5. The number of aryl methyl sites for hydroxylation is 1. The van der Waals surface area contributed by atoms with E-state index in [9.17, 15) is 10.2 Å². The molecule has 1 saturated heterocycles. The van der Waals surface area contributed by atoms with Crippen LogP contribution in [-0.4, -0.2) is 51.4 Å². The summed E-state index contributed by atoms with van der Waals surface area (Å²) in [6.45, 7) is 6.86. The number of nitrogens with zero attached hydrogens (tertiary/aromatic N) is 2. The molecule has 5 rings (SSSR count). The highest BCUT2D eigenvalue weighted by molar-refractivity contribution is 5.92. The summed E-state index contributed by atoms with van der Waals surface area (Å²) in [4.78, 5) is 2.49. The fraction of sp³-hybridized carbons (Fsp3) is 0.310. The first-order valence-electron chi connectivity index (χ1n) is 12.1. The maximum absolute atomic E-state index is 10.1. The lowest BCUT2D eigenvalue weighted by atomic mass is 10.1. The Morgan fingerprint density at radius 3 is 2.19 bits per heavy atom. The first-order chi connectivity index (χ1) is 16.6. The highest BCUT2D eigenvalue weighted by Gasteiger charge is 2.17. The van der Waals surface area contributed by atoms with E-state index in [0.717, 1.165) is 46.6 Å². The van der Waals surface area contributed by atoms with Crippen LogP contribution in [0, 0.1) is 6.92 Å². The number of halogens is 1. The number of aromatic hydroxyl groups is 2. The largest absolute Gasteiger partial charge is 0.508 e. The van der Waals surface area contributed by atoms with Gasteiger partial charge in [0.2, 0.25) is 0 Å². The quantitative estimate of drug-likeness (QED) is 0.341. The van der Waals surface area contributed by atoms with Gasteiger partial charge < -0.3 is 25.0 Å². The molecular formula is C29H35ClN2O4. The van der Waals surface area contributed by atoms with Gasteiger partial charge in [-0.15, -0.1) is 12.4 Å². The van der Waals surface area contributed by atoms with Gasteiger partial charge in [-0.05, 0) is 104 Å². The molecule has 2 heterocycles. The minimum Gasteiger partial charge on any atom is -0.508 e. The molecule has 1 aliphatic heterocycles. The SMILES string of the molecule is Cc1c(-c2ccc(O)cc2)n(Cc2ccc(OCCN3CCCCC3)cc2)c2ccc(O)cc12.Cl.O. The number of hydrogen-bond donors (Lipinski definition) is 2.